The van der Waals surface area contributed by atoms with Gasteiger partial charge in [0.2, 0.25) is 0 Å². The van der Waals surface area contributed by atoms with Crippen LogP contribution < -0.4 is 10.1 Å². The van der Waals surface area contributed by atoms with Gasteiger partial charge in [0.1, 0.15) is 5.75 Å². The van der Waals surface area contributed by atoms with Crippen molar-refractivity contribution in [2.75, 3.05) is 13.2 Å². The standard InChI is InChI=1S/C14H19N3O.2ClH/c1-2-18-14-5-3-12(4-6-14)9-15-8-7-13-10-16-11-17-13;;/h3-6,10-11,15H,2,7-9H2,1H3,(H,16,17);2*1H. The van der Waals surface area contributed by atoms with Gasteiger partial charge >= 0.3 is 0 Å². The predicted molar refractivity (Wildman–Crippen MR) is 86.1 cm³/mol. The third kappa shape index (κ3) is 6.28. The Morgan fingerprint density at radius 1 is 1.20 bits per heavy atom. The fraction of sp³-hybridized carbons (Fsp3) is 0.357. The summed E-state index contributed by atoms with van der Waals surface area (Å²) in [7, 11) is 0. The topological polar surface area (TPSA) is 49.9 Å². The van der Waals surface area contributed by atoms with E-state index in [9.17, 15) is 0 Å². The number of aromatic amines is 1. The number of rotatable bonds is 7. The van der Waals surface area contributed by atoms with Crippen LogP contribution in [0, 0.1) is 0 Å². The van der Waals surface area contributed by atoms with E-state index in [1.807, 2.05) is 25.3 Å². The first kappa shape index (κ1) is 18.8. The van der Waals surface area contributed by atoms with Crippen molar-refractivity contribution in [2.45, 2.75) is 19.9 Å². The van der Waals surface area contributed by atoms with Gasteiger partial charge in [0, 0.05) is 31.4 Å². The molecule has 20 heavy (non-hydrogen) atoms. The molecule has 0 unspecified atom stereocenters. The highest BCUT2D eigenvalue weighted by Crippen LogP contribution is 2.11. The lowest BCUT2D eigenvalue weighted by Gasteiger charge is -2.06. The van der Waals surface area contributed by atoms with Gasteiger partial charge in [-0.2, -0.15) is 0 Å². The molecule has 1 heterocycles. The van der Waals surface area contributed by atoms with Crippen molar-refractivity contribution < 1.29 is 4.74 Å². The van der Waals surface area contributed by atoms with E-state index in [1.165, 1.54) is 5.56 Å². The van der Waals surface area contributed by atoms with Crippen LogP contribution in [0.5, 0.6) is 5.75 Å². The fourth-order valence-corrected chi connectivity index (χ4v) is 1.75. The molecule has 0 radical (unpaired) electrons. The fourth-order valence-electron chi connectivity index (χ4n) is 1.75. The van der Waals surface area contributed by atoms with Gasteiger partial charge in [-0.3, -0.25) is 0 Å². The summed E-state index contributed by atoms with van der Waals surface area (Å²) in [4.78, 5) is 7.08. The third-order valence-electron chi connectivity index (χ3n) is 2.69. The molecule has 0 saturated heterocycles. The van der Waals surface area contributed by atoms with E-state index >= 15 is 0 Å². The molecule has 0 aliphatic heterocycles. The zero-order valence-electron chi connectivity index (χ0n) is 11.5. The van der Waals surface area contributed by atoms with Gasteiger partial charge in [-0.05, 0) is 24.6 Å². The molecule has 2 aromatic rings. The van der Waals surface area contributed by atoms with Crippen molar-refractivity contribution in [1.82, 2.24) is 15.3 Å². The number of benzene rings is 1. The maximum Gasteiger partial charge on any atom is 0.119 e. The van der Waals surface area contributed by atoms with Gasteiger partial charge in [0.15, 0.2) is 0 Å². The highest BCUT2D eigenvalue weighted by atomic mass is 35.5. The van der Waals surface area contributed by atoms with Gasteiger partial charge in [-0.15, -0.1) is 24.8 Å². The second-order valence-corrected chi connectivity index (χ2v) is 4.08. The second kappa shape index (κ2) is 10.5. The number of hydrogen-bond donors (Lipinski definition) is 2. The summed E-state index contributed by atoms with van der Waals surface area (Å²) >= 11 is 0. The molecule has 2 N–H and O–H groups in total. The van der Waals surface area contributed by atoms with Crippen LogP contribution in [0.2, 0.25) is 0 Å². The van der Waals surface area contributed by atoms with Gasteiger partial charge in [-0.25, -0.2) is 4.98 Å². The van der Waals surface area contributed by atoms with Gasteiger partial charge in [0.05, 0.1) is 12.9 Å². The monoisotopic (exact) mass is 317 g/mol. The molecular formula is C14H21Cl2N3O. The molecule has 4 nitrogen and oxygen atoms in total. The van der Waals surface area contributed by atoms with E-state index in [0.29, 0.717) is 6.61 Å². The van der Waals surface area contributed by atoms with E-state index in [4.69, 9.17) is 4.74 Å². The first-order chi connectivity index (χ1) is 8.88. The highest BCUT2D eigenvalue weighted by Gasteiger charge is 1.96. The molecule has 1 aromatic heterocycles. The molecule has 112 valence electrons. The molecule has 0 atom stereocenters. The Hall–Kier alpha value is -1.23. The van der Waals surface area contributed by atoms with Crippen LogP contribution in [0.1, 0.15) is 18.2 Å². The second-order valence-electron chi connectivity index (χ2n) is 4.08. The van der Waals surface area contributed by atoms with Crippen LogP contribution in [0.4, 0.5) is 0 Å². The Kier molecular flexibility index (Phi) is 9.90. The van der Waals surface area contributed by atoms with Crippen molar-refractivity contribution >= 4 is 24.8 Å². The number of aromatic nitrogens is 2. The number of hydrogen-bond acceptors (Lipinski definition) is 3. The lowest BCUT2D eigenvalue weighted by Crippen LogP contribution is -2.16. The summed E-state index contributed by atoms with van der Waals surface area (Å²) in [5.41, 5.74) is 2.43. The number of nitrogens with one attached hydrogen (secondary N) is 2. The first-order valence-electron chi connectivity index (χ1n) is 6.28. The maximum absolute atomic E-state index is 5.40. The normalized spacial score (nSPS) is 9.45. The molecule has 0 spiro atoms. The number of H-pyrrole nitrogens is 1. The van der Waals surface area contributed by atoms with Crippen LogP contribution in [0.15, 0.2) is 36.8 Å². The van der Waals surface area contributed by atoms with Crippen LogP contribution in [-0.4, -0.2) is 23.1 Å². The van der Waals surface area contributed by atoms with E-state index in [1.54, 1.807) is 6.33 Å². The average molecular weight is 318 g/mol. The zero-order chi connectivity index (χ0) is 12.6. The van der Waals surface area contributed by atoms with Crippen molar-refractivity contribution in [2.24, 2.45) is 0 Å². The lowest BCUT2D eigenvalue weighted by molar-refractivity contribution is 0.340. The minimum absolute atomic E-state index is 0. The molecule has 0 bridgehead atoms. The van der Waals surface area contributed by atoms with E-state index in [0.717, 1.165) is 31.0 Å². The summed E-state index contributed by atoms with van der Waals surface area (Å²) in [6.07, 6.45) is 4.54. The van der Waals surface area contributed by atoms with Crippen molar-refractivity contribution in [3.63, 3.8) is 0 Å². The quantitative estimate of drug-likeness (QED) is 0.772. The summed E-state index contributed by atoms with van der Waals surface area (Å²) in [6, 6.07) is 8.20. The van der Waals surface area contributed by atoms with Gasteiger partial charge in [-0.1, -0.05) is 12.1 Å². The van der Waals surface area contributed by atoms with E-state index < -0.39 is 0 Å². The minimum atomic E-state index is 0. The molecule has 2 rings (SSSR count). The lowest BCUT2D eigenvalue weighted by atomic mass is 10.2. The highest BCUT2D eigenvalue weighted by molar-refractivity contribution is 5.85. The number of imidazole rings is 1. The summed E-state index contributed by atoms with van der Waals surface area (Å²) in [5, 5.41) is 3.40. The zero-order valence-corrected chi connectivity index (χ0v) is 13.1. The number of ether oxygens (including phenoxy) is 1. The van der Waals surface area contributed by atoms with Crippen molar-refractivity contribution in [1.29, 1.82) is 0 Å². The Labute approximate surface area is 132 Å². The average Bonchev–Trinajstić information content (AvgIpc) is 2.90. The van der Waals surface area contributed by atoms with Crippen LogP contribution in [0.25, 0.3) is 0 Å². The van der Waals surface area contributed by atoms with E-state index in [2.05, 4.69) is 27.4 Å². The largest absolute Gasteiger partial charge is 0.494 e. The smallest absolute Gasteiger partial charge is 0.119 e. The first-order valence-corrected chi connectivity index (χ1v) is 6.28. The maximum atomic E-state index is 5.40. The van der Waals surface area contributed by atoms with Crippen molar-refractivity contribution in [3.8, 4) is 5.75 Å². The van der Waals surface area contributed by atoms with Gasteiger partial charge < -0.3 is 15.0 Å². The van der Waals surface area contributed by atoms with E-state index in [-0.39, 0.29) is 24.8 Å². The van der Waals surface area contributed by atoms with Crippen LogP contribution >= 0.6 is 24.8 Å². The molecule has 0 aliphatic rings. The molecule has 0 fully saturated rings. The number of nitrogens with zero attached hydrogens (tertiary/aromatic N) is 1. The van der Waals surface area contributed by atoms with Crippen LogP contribution in [-0.2, 0) is 13.0 Å². The minimum Gasteiger partial charge on any atom is -0.494 e. The molecule has 6 heteroatoms. The summed E-state index contributed by atoms with van der Waals surface area (Å²) < 4.78 is 5.40. The Bertz CT molecular complexity index is 446. The molecule has 1 aromatic carbocycles. The Balaban J connectivity index is 0.00000180. The molecule has 0 aliphatic carbocycles. The van der Waals surface area contributed by atoms with Gasteiger partial charge in [0.25, 0.3) is 0 Å². The third-order valence-corrected chi connectivity index (χ3v) is 2.69. The SMILES string of the molecule is CCOc1ccc(CNCCc2cnc[nH]2)cc1.Cl.Cl. The molecular weight excluding hydrogens is 297 g/mol. The summed E-state index contributed by atoms with van der Waals surface area (Å²) in [5.74, 6) is 0.929. The number of halogens is 2. The van der Waals surface area contributed by atoms with Crippen LogP contribution in [0.3, 0.4) is 0 Å². The van der Waals surface area contributed by atoms with Crippen molar-refractivity contribution in [3.05, 3.63) is 48.0 Å². The molecule has 0 amide bonds. The Morgan fingerprint density at radius 3 is 2.55 bits per heavy atom. The summed E-state index contributed by atoms with van der Waals surface area (Å²) in [6.45, 7) is 4.52. The Morgan fingerprint density at radius 2 is 1.95 bits per heavy atom. The predicted octanol–water partition coefficient (Wildman–Crippen LogP) is 2.98. The molecule has 0 saturated carbocycles.